The summed E-state index contributed by atoms with van der Waals surface area (Å²) in [6, 6.07) is 0.397. The molecular weight excluding hydrogens is 268 g/mol. The molecule has 112 valence electrons. The highest BCUT2D eigenvalue weighted by Gasteiger charge is 2.24. The molecule has 0 bridgehead atoms. The van der Waals surface area contributed by atoms with Crippen LogP contribution in [0.3, 0.4) is 0 Å². The summed E-state index contributed by atoms with van der Waals surface area (Å²) in [6.07, 6.45) is 9.07. The van der Waals surface area contributed by atoms with E-state index in [9.17, 15) is 0 Å². The molecule has 2 heterocycles. The fraction of sp³-hybridized carbons (Fsp3) is 0.615. The van der Waals surface area contributed by atoms with Gasteiger partial charge in [0.15, 0.2) is 0 Å². The van der Waals surface area contributed by atoms with E-state index in [1.54, 1.807) is 0 Å². The SMILES string of the molecule is CCC1CCCCC1Nc1nc(N)nc(-n2cncn2)n1. The molecule has 8 nitrogen and oxygen atoms in total. The molecular formula is C13H20N8. The molecule has 0 aromatic carbocycles. The monoisotopic (exact) mass is 288 g/mol. The van der Waals surface area contributed by atoms with E-state index in [0.717, 1.165) is 12.8 Å². The minimum Gasteiger partial charge on any atom is -0.368 e. The molecule has 1 aliphatic carbocycles. The number of hydrogen-bond donors (Lipinski definition) is 2. The average molecular weight is 288 g/mol. The average Bonchev–Trinajstić information content (AvgIpc) is 3.01. The number of aromatic nitrogens is 6. The van der Waals surface area contributed by atoms with E-state index >= 15 is 0 Å². The van der Waals surface area contributed by atoms with Crippen molar-refractivity contribution in [3.8, 4) is 5.95 Å². The Morgan fingerprint density at radius 2 is 2.14 bits per heavy atom. The zero-order valence-corrected chi connectivity index (χ0v) is 12.1. The Bertz CT molecular complexity index is 582. The van der Waals surface area contributed by atoms with Crippen molar-refractivity contribution in [2.45, 2.75) is 45.1 Å². The molecule has 0 amide bonds. The van der Waals surface area contributed by atoms with Gasteiger partial charge in [-0.15, -0.1) is 0 Å². The predicted octanol–water partition coefficient (Wildman–Crippen LogP) is 1.42. The summed E-state index contributed by atoms with van der Waals surface area (Å²) in [5.41, 5.74) is 5.77. The molecule has 3 rings (SSSR count). The van der Waals surface area contributed by atoms with Crippen LogP contribution in [0.15, 0.2) is 12.7 Å². The van der Waals surface area contributed by atoms with Crippen LogP contribution in [0.25, 0.3) is 5.95 Å². The fourth-order valence-electron chi connectivity index (χ4n) is 2.91. The molecule has 2 unspecified atom stereocenters. The Morgan fingerprint density at radius 3 is 2.90 bits per heavy atom. The highest BCUT2D eigenvalue weighted by molar-refractivity contribution is 5.35. The van der Waals surface area contributed by atoms with Crippen molar-refractivity contribution < 1.29 is 0 Å². The van der Waals surface area contributed by atoms with Gasteiger partial charge in [0, 0.05) is 6.04 Å². The van der Waals surface area contributed by atoms with Crippen molar-refractivity contribution in [3.63, 3.8) is 0 Å². The normalized spacial score (nSPS) is 22.1. The number of nitrogen functional groups attached to an aromatic ring is 1. The van der Waals surface area contributed by atoms with E-state index in [4.69, 9.17) is 5.73 Å². The number of rotatable bonds is 4. The first kappa shape index (κ1) is 13.7. The lowest BCUT2D eigenvalue weighted by Crippen LogP contribution is -2.32. The molecule has 2 atom stereocenters. The lowest BCUT2D eigenvalue weighted by atomic mass is 9.83. The van der Waals surface area contributed by atoms with Crippen LogP contribution < -0.4 is 11.1 Å². The first-order valence-electron chi connectivity index (χ1n) is 7.39. The van der Waals surface area contributed by atoms with Gasteiger partial charge < -0.3 is 11.1 Å². The zero-order chi connectivity index (χ0) is 14.7. The Kier molecular flexibility index (Phi) is 3.94. The molecule has 1 fully saturated rings. The summed E-state index contributed by atoms with van der Waals surface area (Å²) in [5, 5.41) is 7.44. The maximum Gasteiger partial charge on any atom is 0.258 e. The van der Waals surface area contributed by atoms with Gasteiger partial charge in [-0.25, -0.2) is 4.98 Å². The van der Waals surface area contributed by atoms with Crippen molar-refractivity contribution in [2.24, 2.45) is 5.92 Å². The first-order chi connectivity index (χ1) is 10.3. The van der Waals surface area contributed by atoms with E-state index in [1.807, 2.05) is 0 Å². The summed E-state index contributed by atoms with van der Waals surface area (Å²) >= 11 is 0. The molecule has 1 aliphatic rings. The van der Waals surface area contributed by atoms with E-state index < -0.39 is 0 Å². The van der Waals surface area contributed by atoms with Crippen LogP contribution >= 0.6 is 0 Å². The largest absolute Gasteiger partial charge is 0.368 e. The predicted molar refractivity (Wildman–Crippen MR) is 78.8 cm³/mol. The maximum atomic E-state index is 5.77. The Labute approximate surface area is 123 Å². The van der Waals surface area contributed by atoms with Gasteiger partial charge in [0.25, 0.3) is 5.95 Å². The van der Waals surface area contributed by atoms with Crippen LogP contribution in [-0.2, 0) is 0 Å². The second-order valence-corrected chi connectivity index (χ2v) is 5.36. The Hall–Kier alpha value is -2.25. The van der Waals surface area contributed by atoms with Gasteiger partial charge in [0.05, 0.1) is 0 Å². The molecule has 8 heteroatoms. The van der Waals surface area contributed by atoms with E-state index in [1.165, 1.54) is 36.6 Å². The maximum absolute atomic E-state index is 5.77. The van der Waals surface area contributed by atoms with E-state index in [0.29, 0.717) is 23.9 Å². The highest BCUT2D eigenvalue weighted by Crippen LogP contribution is 2.28. The van der Waals surface area contributed by atoms with Crippen LogP contribution in [0.5, 0.6) is 0 Å². The Morgan fingerprint density at radius 1 is 1.29 bits per heavy atom. The quantitative estimate of drug-likeness (QED) is 0.875. The molecule has 2 aromatic rings. The smallest absolute Gasteiger partial charge is 0.258 e. The summed E-state index contributed by atoms with van der Waals surface area (Å²) in [5.74, 6) is 1.73. The van der Waals surface area contributed by atoms with E-state index in [-0.39, 0.29) is 5.95 Å². The van der Waals surface area contributed by atoms with Gasteiger partial charge in [0.1, 0.15) is 12.7 Å². The molecule has 0 saturated heterocycles. The minimum absolute atomic E-state index is 0.182. The third-order valence-corrected chi connectivity index (χ3v) is 4.01. The molecule has 1 saturated carbocycles. The van der Waals surface area contributed by atoms with Crippen molar-refractivity contribution in [3.05, 3.63) is 12.7 Å². The molecule has 2 aromatic heterocycles. The second kappa shape index (κ2) is 6.02. The molecule has 3 N–H and O–H groups in total. The number of nitrogens with zero attached hydrogens (tertiary/aromatic N) is 6. The third kappa shape index (κ3) is 3.09. The number of nitrogens with two attached hydrogens (primary N) is 1. The van der Waals surface area contributed by atoms with E-state index in [2.05, 4.69) is 37.3 Å². The van der Waals surface area contributed by atoms with Gasteiger partial charge in [-0.3, -0.25) is 0 Å². The number of anilines is 2. The summed E-state index contributed by atoms with van der Waals surface area (Å²) in [4.78, 5) is 16.5. The zero-order valence-electron chi connectivity index (χ0n) is 12.1. The van der Waals surface area contributed by atoms with Crippen LogP contribution in [0.1, 0.15) is 39.0 Å². The van der Waals surface area contributed by atoms with Gasteiger partial charge in [-0.2, -0.15) is 24.7 Å². The van der Waals surface area contributed by atoms with Gasteiger partial charge in [-0.05, 0) is 18.8 Å². The molecule has 0 spiro atoms. The summed E-state index contributed by atoms with van der Waals surface area (Å²) < 4.78 is 1.47. The van der Waals surface area contributed by atoms with Crippen LogP contribution in [0.4, 0.5) is 11.9 Å². The van der Waals surface area contributed by atoms with Crippen LogP contribution in [0, 0.1) is 5.92 Å². The lowest BCUT2D eigenvalue weighted by molar-refractivity contribution is 0.316. The van der Waals surface area contributed by atoms with Gasteiger partial charge in [-0.1, -0.05) is 26.2 Å². The summed E-state index contributed by atoms with van der Waals surface area (Å²) in [7, 11) is 0. The van der Waals surface area contributed by atoms with Crippen molar-refractivity contribution >= 4 is 11.9 Å². The number of nitrogens with one attached hydrogen (secondary N) is 1. The van der Waals surface area contributed by atoms with Gasteiger partial charge >= 0.3 is 0 Å². The van der Waals surface area contributed by atoms with Crippen LogP contribution in [0.2, 0.25) is 0 Å². The fourth-order valence-corrected chi connectivity index (χ4v) is 2.91. The van der Waals surface area contributed by atoms with Crippen molar-refractivity contribution in [2.75, 3.05) is 11.1 Å². The summed E-state index contributed by atoms with van der Waals surface area (Å²) in [6.45, 7) is 2.23. The Balaban J connectivity index is 1.82. The second-order valence-electron chi connectivity index (χ2n) is 5.36. The van der Waals surface area contributed by atoms with Crippen molar-refractivity contribution in [1.29, 1.82) is 0 Å². The molecule has 0 aliphatic heterocycles. The highest BCUT2D eigenvalue weighted by atomic mass is 15.4. The molecule has 0 radical (unpaired) electrons. The van der Waals surface area contributed by atoms with Crippen LogP contribution in [-0.4, -0.2) is 35.8 Å². The molecule has 21 heavy (non-hydrogen) atoms. The lowest BCUT2D eigenvalue weighted by Gasteiger charge is -2.31. The van der Waals surface area contributed by atoms with Gasteiger partial charge in [0.2, 0.25) is 11.9 Å². The van der Waals surface area contributed by atoms with Crippen molar-refractivity contribution in [1.82, 2.24) is 29.7 Å². The number of hydrogen-bond acceptors (Lipinski definition) is 7. The third-order valence-electron chi connectivity index (χ3n) is 4.01. The standard InChI is InChI=1S/C13H20N8/c1-2-9-5-3-4-6-10(9)17-12-18-11(14)19-13(20-12)21-8-15-7-16-21/h7-10H,2-6H2,1H3,(H3,14,17,18,19,20). The first-order valence-corrected chi connectivity index (χ1v) is 7.39. The topological polar surface area (TPSA) is 107 Å². The minimum atomic E-state index is 0.182.